The molecule has 0 fully saturated rings. The first-order valence-electron chi connectivity index (χ1n) is 6.24. The van der Waals surface area contributed by atoms with Crippen LogP contribution in [0.3, 0.4) is 0 Å². The highest BCUT2D eigenvalue weighted by molar-refractivity contribution is 5.47. The van der Waals surface area contributed by atoms with Crippen LogP contribution in [0.25, 0.3) is 0 Å². The van der Waals surface area contributed by atoms with Gasteiger partial charge in [0.15, 0.2) is 0 Å². The molecule has 0 unspecified atom stereocenters. The maximum atomic E-state index is 10.9. The third-order valence-corrected chi connectivity index (χ3v) is 2.87. The second kappa shape index (κ2) is 6.12. The molecule has 1 heterocycles. The Morgan fingerprint density at radius 2 is 2.10 bits per heavy atom. The summed E-state index contributed by atoms with van der Waals surface area (Å²) in [5, 5.41) is 10.9. The minimum absolute atomic E-state index is 0.0816. The number of nitrogens with two attached hydrogens (primary N) is 1. The maximum absolute atomic E-state index is 10.9. The number of hydrogen-bond acceptors (Lipinski definition) is 5. The number of para-hydroxylation sites is 2. The zero-order chi connectivity index (χ0) is 14.5. The zero-order valence-corrected chi connectivity index (χ0v) is 11.0. The molecular formula is C14H15N3O3. The minimum atomic E-state index is -0.482. The Morgan fingerprint density at radius 3 is 2.70 bits per heavy atom. The van der Waals surface area contributed by atoms with E-state index in [4.69, 9.17) is 10.5 Å². The lowest BCUT2D eigenvalue weighted by atomic mass is 10.1. The maximum Gasteiger partial charge on any atom is 0.311 e. The summed E-state index contributed by atoms with van der Waals surface area (Å²) in [6.45, 7) is 1.98. The number of rotatable bonds is 5. The minimum Gasteiger partial charge on any atom is -0.449 e. The van der Waals surface area contributed by atoms with Crippen molar-refractivity contribution >= 4 is 5.69 Å². The van der Waals surface area contributed by atoms with Crippen molar-refractivity contribution in [2.75, 3.05) is 0 Å². The molecule has 1 atom stereocenters. The van der Waals surface area contributed by atoms with E-state index in [1.165, 1.54) is 12.3 Å². The summed E-state index contributed by atoms with van der Waals surface area (Å²) in [4.78, 5) is 14.6. The van der Waals surface area contributed by atoms with Gasteiger partial charge in [-0.25, -0.2) is 0 Å². The lowest BCUT2D eigenvalue weighted by Crippen LogP contribution is -2.10. The molecule has 0 spiro atoms. The molecule has 6 heteroatoms. The number of benzene rings is 1. The second-order valence-electron chi connectivity index (χ2n) is 4.26. The number of nitro groups is 1. The van der Waals surface area contributed by atoms with Gasteiger partial charge in [-0.3, -0.25) is 15.1 Å². The Balaban J connectivity index is 2.20. The fraction of sp³-hybridized carbons (Fsp3) is 0.214. The molecule has 1 aromatic heterocycles. The quantitative estimate of drug-likeness (QED) is 0.667. The van der Waals surface area contributed by atoms with Crippen LogP contribution in [0.5, 0.6) is 11.5 Å². The molecule has 104 valence electrons. The Hall–Kier alpha value is -2.47. The molecule has 0 saturated carbocycles. The Bertz CT molecular complexity index is 599. The summed E-state index contributed by atoms with van der Waals surface area (Å²) in [5.74, 6) is 0.623. The molecular weight excluding hydrogens is 258 g/mol. The molecule has 6 nitrogen and oxygen atoms in total. The van der Waals surface area contributed by atoms with E-state index < -0.39 is 4.92 Å². The number of ether oxygens (including phenoxy) is 1. The summed E-state index contributed by atoms with van der Waals surface area (Å²) in [6, 6.07) is 9.56. The van der Waals surface area contributed by atoms with Crippen LogP contribution in [0.4, 0.5) is 5.69 Å². The molecule has 0 bridgehead atoms. The van der Waals surface area contributed by atoms with Gasteiger partial charge < -0.3 is 10.5 Å². The molecule has 0 aliphatic rings. The molecule has 2 aromatic rings. The van der Waals surface area contributed by atoms with Gasteiger partial charge in [0.25, 0.3) is 0 Å². The van der Waals surface area contributed by atoms with E-state index in [2.05, 4.69) is 4.98 Å². The molecule has 0 aliphatic heterocycles. The van der Waals surface area contributed by atoms with Gasteiger partial charge >= 0.3 is 5.69 Å². The van der Waals surface area contributed by atoms with Crippen LogP contribution < -0.4 is 10.5 Å². The molecule has 1 aromatic carbocycles. The zero-order valence-electron chi connectivity index (χ0n) is 11.0. The van der Waals surface area contributed by atoms with E-state index >= 15 is 0 Å². The summed E-state index contributed by atoms with van der Waals surface area (Å²) in [7, 11) is 0. The van der Waals surface area contributed by atoms with Gasteiger partial charge in [-0.15, -0.1) is 0 Å². The lowest BCUT2D eigenvalue weighted by Gasteiger charge is -2.09. The number of aromatic nitrogens is 1. The fourth-order valence-corrected chi connectivity index (χ4v) is 1.70. The van der Waals surface area contributed by atoms with Crippen molar-refractivity contribution in [2.24, 2.45) is 5.73 Å². The number of nitrogens with zero attached hydrogens (tertiary/aromatic N) is 2. The van der Waals surface area contributed by atoms with Crippen molar-refractivity contribution in [2.45, 2.75) is 19.4 Å². The first kappa shape index (κ1) is 14.0. The smallest absolute Gasteiger partial charge is 0.311 e. The van der Waals surface area contributed by atoms with E-state index in [1.807, 2.05) is 6.92 Å². The fourth-order valence-electron chi connectivity index (χ4n) is 1.70. The molecule has 0 amide bonds. The summed E-state index contributed by atoms with van der Waals surface area (Å²) in [6.07, 6.45) is 2.30. The Labute approximate surface area is 116 Å². The average molecular weight is 273 g/mol. The van der Waals surface area contributed by atoms with Gasteiger partial charge in [-0.05, 0) is 24.6 Å². The van der Waals surface area contributed by atoms with Crippen LogP contribution in [-0.4, -0.2) is 9.91 Å². The van der Waals surface area contributed by atoms with Gasteiger partial charge in [0, 0.05) is 12.1 Å². The van der Waals surface area contributed by atoms with Gasteiger partial charge in [0.1, 0.15) is 5.75 Å². The monoisotopic (exact) mass is 273 g/mol. The van der Waals surface area contributed by atoms with Gasteiger partial charge in [0.2, 0.25) is 5.75 Å². The van der Waals surface area contributed by atoms with E-state index in [1.54, 1.807) is 30.3 Å². The molecule has 0 aliphatic carbocycles. The van der Waals surface area contributed by atoms with Crippen molar-refractivity contribution in [3.63, 3.8) is 0 Å². The molecule has 20 heavy (non-hydrogen) atoms. The Morgan fingerprint density at radius 1 is 1.35 bits per heavy atom. The van der Waals surface area contributed by atoms with Crippen molar-refractivity contribution in [1.82, 2.24) is 4.98 Å². The van der Waals surface area contributed by atoms with Gasteiger partial charge in [-0.1, -0.05) is 19.1 Å². The summed E-state index contributed by atoms with van der Waals surface area (Å²) in [5.41, 5.74) is 6.55. The van der Waals surface area contributed by atoms with Gasteiger partial charge in [-0.2, -0.15) is 0 Å². The van der Waals surface area contributed by atoms with Crippen molar-refractivity contribution in [3.8, 4) is 11.5 Å². The van der Waals surface area contributed by atoms with Crippen molar-refractivity contribution in [1.29, 1.82) is 0 Å². The van der Waals surface area contributed by atoms with E-state index in [0.717, 1.165) is 12.1 Å². The van der Waals surface area contributed by atoms with Crippen LogP contribution in [-0.2, 0) is 0 Å². The molecule has 2 N–H and O–H groups in total. The van der Waals surface area contributed by atoms with E-state index in [-0.39, 0.29) is 17.5 Å². The topological polar surface area (TPSA) is 91.3 Å². The van der Waals surface area contributed by atoms with E-state index in [9.17, 15) is 10.1 Å². The van der Waals surface area contributed by atoms with Crippen molar-refractivity contribution in [3.05, 3.63) is 58.4 Å². The third kappa shape index (κ3) is 3.10. The SMILES string of the molecule is CC[C@@H](N)c1ccc(Oc2ccccc2[N+](=O)[O-])cn1. The first-order chi connectivity index (χ1) is 9.61. The van der Waals surface area contributed by atoms with Crippen LogP contribution >= 0.6 is 0 Å². The van der Waals surface area contributed by atoms with Crippen molar-refractivity contribution < 1.29 is 9.66 Å². The summed E-state index contributed by atoms with van der Waals surface area (Å²) < 4.78 is 5.49. The van der Waals surface area contributed by atoms with Crippen LogP contribution in [0, 0.1) is 10.1 Å². The highest BCUT2D eigenvalue weighted by Crippen LogP contribution is 2.30. The normalized spacial score (nSPS) is 11.9. The highest BCUT2D eigenvalue weighted by Gasteiger charge is 2.14. The summed E-state index contributed by atoms with van der Waals surface area (Å²) >= 11 is 0. The lowest BCUT2D eigenvalue weighted by molar-refractivity contribution is -0.385. The van der Waals surface area contributed by atoms with Crippen LogP contribution in [0.2, 0.25) is 0 Å². The second-order valence-corrected chi connectivity index (χ2v) is 4.26. The standard InChI is InChI=1S/C14H15N3O3/c1-2-11(15)12-8-7-10(9-16-12)20-14-6-4-3-5-13(14)17(18)19/h3-9,11H,2,15H2,1H3/t11-/m1/s1. The van der Waals surface area contributed by atoms with Crippen LogP contribution in [0.15, 0.2) is 42.6 Å². The molecule has 2 rings (SSSR count). The largest absolute Gasteiger partial charge is 0.449 e. The Kier molecular flexibility index (Phi) is 4.27. The van der Waals surface area contributed by atoms with Crippen LogP contribution in [0.1, 0.15) is 25.1 Å². The predicted octanol–water partition coefficient (Wildman–Crippen LogP) is 3.19. The number of hydrogen-bond donors (Lipinski definition) is 1. The predicted molar refractivity (Wildman–Crippen MR) is 74.6 cm³/mol. The number of pyridine rings is 1. The average Bonchev–Trinajstić information content (AvgIpc) is 2.47. The molecule has 0 radical (unpaired) electrons. The third-order valence-electron chi connectivity index (χ3n) is 2.87. The first-order valence-corrected chi connectivity index (χ1v) is 6.24. The number of nitro benzene ring substituents is 1. The molecule has 0 saturated heterocycles. The highest BCUT2D eigenvalue weighted by atomic mass is 16.6. The van der Waals surface area contributed by atoms with Gasteiger partial charge in [0.05, 0.1) is 16.8 Å². The van der Waals surface area contributed by atoms with E-state index in [0.29, 0.717) is 5.75 Å².